The summed E-state index contributed by atoms with van der Waals surface area (Å²) in [7, 11) is 0. The van der Waals surface area contributed by atoms with E-state index in [1.54, 1.807) is 0 Å². The summed E-state index contributed by atoms with van der Waals surface area (Å²) in [6.07, 6.45) is 3.56. The van der Waals surface area contributed by atoms with Crippen LogP contribution in [-0.2, 0) is 12.7 Å². The van der Waals surface area contributed by atoms with Crippen molar-refractivity contribution < 1.29 is 23.4 Å². The number of thiazole rings is 1. The zero-order valence-electron chi connectivity index (χ0n) is 17.8. The molecular formula is C24H26F3NO2S2. The van der Waals surface area contributed by atoms with Crippen LogP contribution in [0.4, 0.5) is 13.2 Å². The van der Waals surface area contributed by atoms with Gasteiger partial charge in [-0.15, -0.1) is 11.3 Å². The molecule has 2 N–H and O–H groups in total. The SMILES string of the molecule is C=c1/c(=C\C2=CC=C(c3cc(C(F)(F)F)ccc3C)C2)sc(=S)n1CCCCCC(O)O. The lowest BCUT2D eigenvalue weighted by Crippen LogP contribution is -2.27. The van der Waals surface area contributed by atoms with E-state index in [-0.39, 0.29) is 0 Å². The number of allylic oxidation sites excluding steroid dienone is 4. The molecule has 1 aliphatic rings. The van der Waals surface area contributed by atoms with E-state index in [9.17, 15) is 13.2 Å². The minimum Gasteiger partial charge on any atom is -0.368 e. The molecule has 0 unspecified atom stereocenters. The van der Waals surface area contributed by atoms with Gasteiger partial charge >= 0.3 is 6.18 Å². The van der Waals surface area contributed by atoms with Crippen molar-refractivity contribution >= 4 is 41.8 Å². The number of unbranched alkanes of at least 4 members (excludes halogenated alkanes) is 2. The topological polar surface area (TPSA) is 45.4 Å². The van der Waals surface area contributed by atoms with E-state index < -0.39 is 18.0 Å². The number of aliphatic hydroxyl groups excluding tert-OH is 1. The van der Waals surface area contributed by atoms with E-state index in [0.717, 1.165) is 62.4 Å². The van der Waals surface area contributed by atoms with Crippen molar-refractivity contribution in [1.82, 2.24) is 4.57 Å². The standard InChI is InChI=1S/C24H26F3NO2S2/c1-15-7-10-19(24(25,26)27)14-20(15)18-9-8-17(12-18)13-21-16(2)28(23(31)32-21)11-5-3-4-6-22(29)30/h7-10,13-14,22,29-30H,2-6,11-12H2,1H3/b21-13+. The van der Waals surface area contributed by atoms with Gasteiger partial charge in [-0.25, -0.2) is 0 Å². The second-order valence-electron chi connectivity index (χ2n) is 7.94. The molecular weight excluding hydrogens is 455 g/mol. The molecule has 0 aliphatic heterocycles. The minimum atomic E-state index is -4.37. The molecule has 2 aromatic rings. The molecule has 3 rings (SSSR count). The molecule has 0 radical (unpaired) electrons. The molecule has 32 heavy (non-hydrogen) atoms. The Morgan fingerprint density at radius 1 is 1.22 bits per heavy atom. The van der Waals surface area contributed by atoms with Gasteiger partial charge in [0.25, 0.3) is 0 Å². The molecule has 172 valence electrons. The third-order valence-electron chi connectivity index (χ3n) is 5.49. The molecule has 0 spiro atoms. The lowest BCUT2D eigenvalue weighted by Gasteiger charge is -2.12. The van der Waals surface area contributed by atoms with Crippen LogP contribution in [0.25, 0.3) is 18.2 Å². The van der Waals surface area contributed by atoms with E-state index >= 15 is 0 Å². The number of aryl methyl sites for hydroxylation is 1. The van der Waals surface area contributed by atoms with Crippen LogP contribution in [0.2, 0.25) is 0 Å². The smallest absolute Gasteiger partial charge is 0.368 e. The van der Waals surface area contributed by atoms with Gasteiger partial charge in [0, 0.05) is 6.54 Å². The summed E-state index contributed by atoms with van der Waals surface area (Å²) in [6.45, 7) is 6.70. The fraction of sp³-hybridized carbons (Fsp3) is 0.375. The quantitative estimate of drug-likeness (QED) is 0.314. The van der Waals surface area contributed by atoms with E-state index in [2.05, 4.69) is 6.58 Å². The van der Waals surface area contributed by atoms with Crippen molar-refractivity contribution in [1.29, 1.82) is 0 Å². The molecule has 0 saturated heterocycles. The summed E-state index contributed by atoms with van der Waals surface area (Å²) in [5.74, 6) is 0. The average Bonchev–Trinajstić information content (AvgIpc) is 3.26. The molecule has 3 nitrogen and oxygen atoms in total. The highest BCUT2D eigenvalue weighted by Gasteiger charge is 2.31. The Hall–Kier alpha value is -2.00. The predicted molar refractivity (Wildman–Crippen MR) is 126 cm³/mol. The van der Waals surface area contributed by atoms with Crippen molar-refractivity contribution in [3.8, 4) is 0 Å². The van der Waals surface area contributed by atoms with Crippen molar-refractivity contribution in [2.24, 2.45) is 0 Å². The van der Waals surface area contributed by atoms with Crippen LogP contribution in [0.15, 0.2) is 35.9 Å². The van der Waals surface area contributed by atoms with Crippen LogP contribution >= 0.6 is 23.6 Å². The van der Waals surface area contributed by atoms with Crippen LogP contribution in [0, 0.1) is 10.9 Å². The van der Waals surface area contributed by atoms with Gasteiger partial charge in [0.2, 0.25) is 0 Å². The molecule has 0 saturated carbocycles. The fourth-order valence-electron chi connectivity index (χ4n) is 3.71. The number of hydrogen-bond acceptors (Lipinski definition) is 4. The van der Waals surface area contributed by atoms with Crippen molar-refractivity contribution in [3.63, 3.8) is 0 Å². The normalized spacial score (nSPS) is 14.9. The molecule has 1 aromatic heterocycles. The zero-order valence-corrected chi connectivity index (χ0v) is 19.4. The predicted octanol–water partition coefficient (Wildman–Crippen LogP) is 5.08. The Bertz CT molecular complexity index is 1200. The van der Waals surface area contributed by atoms with Crippen molar-refractivity contribution in [2.45, 2.75) is 58.0 Å². The van der Waals surface area contributed by atoms with Gasteiger partial charge in [-0.2, -0.15) is 13.2 Å². The second-order valence-corrected chi connectivity index (χ2v) is 9.62. The third-order valence-corrected chi connectivity index (χ3v) is 6.93. The number of nitrogens with zero attached hydrogens (tertiary/aromatic N) is 1. The summed E-state index contributed by atoms with van der Waals surface area (Å²) >= 11 is 6.96. The first-order valence-corrected chi connectivity index (χ1v) is 11.6. The maximum Gasteiger partial charge on any atom is 0.416 e. The van der Waals surface area contributed by atoms with Crippen LogP contribution in [0.5, 0.6) is 0 Å². The number of alkyl halides is 3. The minimum absolute atomic E-state index is 0.361. The highest BCUT2D eigenvalue weighted by molar-refractivity contribution is 7.73. The fourth-order valence-corrected chi connectivity index (χ4v) is 5.12. The number of rotatable bonds is 8. The second kappa shape index (κ2) is 10.3. The van der Waals surface area contributed by atoms with Gasteiger partial charge < -0.3 is 14.8 Å². The van der Waals surface area contributed by atoms with Gasteiger partial charge in [-0.3, -0.25) is 0 Å². The highest BCUT2D eigenvalue weighted by Crippen LogP contribution is 2.35. The Morgan fingerprint density at radius 3 is 2.66 bits per heavy atom. The monoisotopic (exact) mass is 481 g/mol. The number of halogens is 3. The summed E-state index contributed by atoms with van der Waals surface area (Å²) in [5.41, 5.74) is 2.65. The van der Waals surface area contributed by atoms with Gasteiger partial charge in [-0.05, 0) is 85.3 Å². The average molecular weight is 482 g/mol. The lowest BCUT2D eigenvalue weighted by atomic mass is 9.96. The Labute approximate surface area is 194 Å². The summed E-state index contributed by atoms with van der Waals surface area (Å²) < 4.78 is 43.0. The van der Waals surface area contributed by atoms with E-state index in [1.807, 2.05) is 29.7 Å². The van der Waals surface area contributed by atoms with Gasteiger partial charge in [0.1, 0.15) is 0 Å². The molecule has 0 atom stereocenters. The van der Waals surface area contributed by atoms with Crippen molar-refractivity contribution in [2.75, 3.05) is 0 Å². The van der Waals surface area contributed by atoms with Crippen molar-refractivity contribution in [3.05, 3.63) is 66.5 Å². The number of aromatic nitrogens is 1. The maximum absolute atomic E-state index is 13.1. The molecule has 1 heterocycles. The molecule has 0 bridgehead atoms. The van der Waals surface area contributed by atoms with Gasteiger partial charge in [-0.1, -0.05) is 31.2 Å². The zero-order chi connectivity index (χ0) is 23.5. The molecule has 0 amide bonds. The summed E-state index contributed by atoms with van der Waals surface area (Å²) in [5, 5.41) is 18.7. The first-order chi connectivity index (χ1) is 15.1. The summed E-state index contributed by atoms with van der Waals surface area (Å²) in [6, 6.07) is 3.86. The van der Waals surface area contributed by atoms with Gasteiger partial charge in [0.15, 0.2) is 10.2 Å². The van der Waals surface area contributed by atoms with Gasteiger partial charge in [0.05, 0.1) is 15.4 Å². The van der Waals surface area contributed by atoms with Crippen LogP contribution in [0.1, 0.15) is 48.8 Å². The largest absolute Gasteiger partial charge is 0.416 e. The maximum atomic E-state index is 13.1. The van der Waals surface area contributed by atoms with Crippen LogP contribution in [0.3, 0.4) is 0 Å². The highest BCUT2D eigenvalue weighted by atomic mass is 32.1. The van der Waals surface area contributed by atoms with Crippen LogP contribution in [-0.4, -0.2) is 21.1 Å². The molecule has 1 aromatic carbocycles. The third kappa shape index (κ3) is 6.07. The van der Waals surface area contributed by atoms with E-state index in [4.69, 9.17) is 22.4 Å². The summed E-state index contributed by atoms with van der Waals surface area (Å²) in [4.78, 5) is 0. The number of hydrogen-bond donors (Lipinski definition) is 2. The Kier molecular flexibility index (Phi) is 7.92. The number of benzene rings is 1. The first kappa shape index (κ1) is 24.6. The Morgan fingerprint density at radius 2 is 1.97 bits per heavy atom. The molecule has 1 aliphatic carbocycles. The molecule has 0 fully saturated rings. The number of aliphatic hydroxyl groups is 2. The molecule has 8 heteroatoms. The first-order valence-electron chi connectivity index (χ1n) is 10.4. The van der Waals surface area contributed by atoms with Crippen LogP contribution < -0.4 is 9.88 Å². The Balaban J connectivity index is 1.72. The van der Waals surface area contributed by atoms with E-state index in [0.29, 0.717) is 18.4 Å². The lowest BCUT2D eigenvalue weighted by molar-refractivity contribution is -0.137. The van der Waals surface area contributed by atoms with E-state index in [1.165, 1.54) is 23.5 Å².